The van der Waals surface area contributed by atoms with E-state index in [1.165, 1.54) is 12.8 Å². The lowest BCUT2D eigenvalue weighted by atomic mass is 9.98. The zero-order chi connectivity index (χ0) is 15.2. The molecule has 7 heteroatoms. The van der Waals surface area contributed by atoms with Gasteiger partial charge >= 0.3 is 0 Å². The Bertz CT molecular complexity index is 422. The lowest BCUT2D eigenvalue weighted by Gasteiger charge is -2.35. The van der Waals surface area contributed by atoms with Crippen LogP contribution in [0, 0.1) is 5.92 Å². The van der Waals surface area contributed by atoms with Crippen LogP contribution in [-0.2, 0) is 11.3 Å². The number of ether oxygens (including phenoxy) is 1. The zero-order valence-corrected chi connectivity index (χ0v) is 13.2. The van der Waals surface area contributed by atoms with Crippen LogP contribution in [-0.4, -0.2) is 88.3 Å². The maximum Gasteiger partial charge on any atom is 0.137 e. The van der Waals surface area contributed by atoms with Crippen molar-refractivity contribution >= 4 is 0 Å². The van der Waals surface area contributed by atoms with Crippen molar-refractivity contribution in [2.45, 2.75) is 25.5 Å². The summed E-state index contributed by atoms with van der Waals surface area (Å²) in [6, 6.07) is 0. The molecule has 2 fully saturated rings. The third-order valence-electron chi connectivity index (χ3n) is 4.56. The van der Waals surface area contributed by atoms with E-state index < -0.39 is 0 Å². The highest BCUT2D eigenvalue weighted by Gasteiger charge is 2.23. The van der Waals surface area contributed by atoms with Crippen LogP contribution in [0.4, 0.5) is 0 Å². The van der Waals surface area contributed by atoms with Gasteiger partial charge < -0.3 is 14.7 Å². The first-order chi connectivity index (χ1) is 10.8. The molecule has 3 rings (SSSR count). The van der Waals surface area contributed by atoms with Gasteiger partial charge in [0.05, 0.1) is 19.3 Å². The van der Waals surface area contributed by atoms with Gasteiger partial charge in [0.25, 0.3) is 0 Å². The van der Waals surface area contributed by atoms with Crippen LogP contribution in [0.3, 0.4) is 0 Å². The van der Waals surface area contributed by atoms with Crippen LogP contribution in [0.2, 0.25) is 0 Å². The van der Waals surface area contributed by atoms with Crippen molar-refractivity contribution in [3.8, 4) is 0 Å². The Hall–Kier alpha value is -1.02. The minimum atomic E-state index is -0.275. The topological polar surface area (TPSA) is 66.7 Å². The van der Waals surface area contributed by atoms with Crippen LogP contribution in [0.15, 0.2) is 12.7 Å². The second-order valence-electron chi connectivity index (χ2n) is 6.45. The molecule has 2 saturated heterocycles. The van der Waals surface area contributed by atoms with Crippen molar-refractivity contribution in [1.29, 1.82) is 0 Å². The minimum Gasteiger partial charge on any atom is -0.390 e. The van der Waals surface area contributed by atoms with Crippen LogP contribution >= 0.6 is 0 Å². The number of hydrogen-bond donors (Lipinski definition) is 1. The molecule has 1 N–H and O–H groups in total. The highest BCUT2D eigenvalue weighted by Crippen LogP contribution is 2.18. The Kier molecular flexibility index (Phi) is 5.77. The number of aromatic nitrogens is 3. The number of aliphatic hydroxyl groups excluding tert-OH is 1. The quantitative estimate of drug-likeness (QED) is 0.777. The predicted octanol–water partition coefficient (Wildman–Crippen LogP) is -0.317. The number of rotatable bonds is 6. The fourth-order valence-corrected chi connectivity index (χ4v) is 3.50. The van der Waals surface area contributed by atoms with E-state index in [4.69, 9.17) is 4.74 Å². The predicted molar refractivity (Wildman–Crippen MR) is 82.5 cm³/mol. The molecular weight excluding hydrogens is 282 g/mol. The maximum absolute atomic E-state index is 10.3. The van der Waals surface area contributed by atoms with Crippen molar-refractivity contribution in [2.75, 3.05) is 52.5 Å². The van der Waals surface area contributed by atoms with E-state index in [-0.39, 0.29) is 6.10 Å². The van der Waals surface area contributed by atoms with Crippen LogP contribution in [0.1, 0.15) is 12.8 Å². The first kappa shape index (κ1) is 15.9. The summed E-state index contributed by atoms with van der Waals surface area (Å²) in [6.45, 7) is 8.04. The van der Waals surface area contributed by atoms with E-state index >= 15 is 0 Å². The van der Waals surface area contributed by atoms with E-state index in [2.05, 4.69) is 19.9 Å². The van der Waals surface area contributed by atoms with Gasteiger partial charge in [-0.15, -0.1) is 0 Å². The van der Waals surface area contributed by atoms with Gasteiger partial charge in [0, 0.05) is 39.3 Å². The summed E-state index contributed by atoms with van der Waals surface area (Å²) in [5, 5.41) is 14.5. The second-order valence-corrected chi connectivity index (χ2v) is 6.45. The molecule has 0 amide bonds. The summed E-state index contributed by atoms with van der Waals surface area (Å²) < 4.78 is 7.26. The number of aliphatic hydroxyl groups is 1. The molecule has 0 bridgehead atoms. The molecule has 0 saturated carbocycles. The van der Waals surface area contributed by atoms with Gasteiger partial charge in [-0.2, -0.15) is 5.10 Å². The summed E-state index contributed by atoms with van der Waals surface area (Å²) in [4.78, 5) is 8.70. The van der Waals surface area contributed by atoms with Crippen molar-refractivity contribution in [3.63, 3.8) is 0 Å². The molecule has 3 heterocycles. The Morgan fingerprint density at radius 3 is 2.77 bits per heavy atom. The van der Waals surface area contributed by atoms with Gasteiger partial charge in [-0.25, -0.2) is 4.98 Å². The van der Waals surface area contributed by atoms with Gasteiger partial charge in [-0.3, -0.25) is 9.58 Å². The largest absolute Gasteiger partial charge is 0.390 e. The fourth-order valence-electron chi connectivity index (χ4n) is 3.50. The number of likely N-dealkylation sites (tertiary alicyclic amines) is 1. The summed E-state index contributed by atoms with van der Waals surface area (Å²) >= 11 is 0. The first-order valence-corrected chi connectivity index (χ1v) is 8.32. The van der Waals surface area contributed by atoms with E-state index in [1.54, 1.807) is 12.7 Å². The van der Waals surface area contributed by atoms with Gasteiger partial charge in [0.2, 0.25) is 0 Å². The van der Waals surface area contributed by atoms with E-state index in [0.29, 0.717) is 5.92 Å². The summed E-state index contributed by atoms with van der Waals surface area (Å²) in [6.07, 6.45) is 5.53. The molecule has 0 aromatic carbocycles. The third-order valence-corrected chi connectivity index (χ3v) is 4.56. The Balaban J connectivity index is 1.41. The molecular formula is C15H27N5O2. The molecule has 2 aliphatic heterocycles. The SMILES string of the molecule is O[C@@H](CN1CCOCC1)CN1CCC[C@H](Cn2cncn2)C1. The number of hydrogen-bond acceptors (Lipinski definition) is 6. The Labute approximate surface area is 131 Å². The molecule has 2 atom stereocenters. The molecule has 124 valence electrons. The molecule has 0 radical (unpaired) electrons. The Morgan fingerprint density at radius 2 is 2.00 bits per heavy atom. The van der Waals surface area contributed by atoms with Gasteiger partial charge in [-0.05, 0) is 25.3 Å². The molecule has 22 heavy (non-hydrogen) atoms. The highest BCUT2D eigenvalue weighted by atomic mass is 16.5. The molecule has 0 spiro atoms. The van der Waals surface area contributed by atoms with Gasteiger partial charge in [-0.1, -0.05) is 0 Å². The second kappa shape index (κ2) is 8.01. The van der Waals surface area contributed by atoms with Gasteiger partial charge in [0.15, 0.2) is 0 Å². The molecule has 2 aliphatic rings. The van der Waals surface area contributed by atoms with E-state index in [9.17, 15) is 5.11 Å². The van der Waals surface area contributed by atoms with Crippen molar-refractivity contribution in [2.24, 2.45) is 5.92 Å². The molecule has 1 aromatic rings. The normalized spacial score (nSPS) is 26.1. The fraction of sp³-hybridized carbons (Fsp3) is 0.867. The average Bonchev–Trinajstić information content (AvgIpc) is 3.01. The standard InChI is InChI=1S/C15H27N5O2/c21-15(10-18-4-6-22-7-5-18)11-19-3-1-2-14(8-19)9-20-13-16-12-17-20/h12-15,21H,1-11H2/t14-,15-/m0/s1. The van der Waals surface area contributed by atoms with Gasteiger partial charge in [0.1, 0.15) is 12.7 Å². The number of morpholine rings is 1. The Morgan fingerprint density at radius 1 is 1.18 bits per heavy atom. The van der Waals surface area contributed by atoms with Crippen molar-refractivity contribution in [3.05, 3.63) is 12.7 Å². The average molecular weight is 309 g/mol. The summed E-state index contributed by atoms with van der Waals surface area (Å²) in [5.74, 6) is 0.603. The summed E-state index contributed by atoms with van der Waals surface area (Å²) in [5.41, 5.74) is 0. The number of nitrogens with zero attached hydrogens (tertiary/aromatic N) is 5. The molecule has 0 unspecified atom stereocenters. The lowest BCUT2D eigenvalue weighted by molar-refractivity contribution is 0.00292. The molecule has 1 aromatic heterocycles. The van der Waals surface area contributed by atoms with Crippen molar-refractivity contribution < 1.29 is 9.84 Å². The highest BCUT2D eigenvalue weighted by molar-refractivity contribution is 4.77. The van der Waals surface area contributed by atoms with E-state index in [1.807, 2.05) is 4.68 Å². The van der Waals surface area contributed by atoms with Crippen LogP contribution < -0.4 is 0 Å². The first-order valence-electron chi connectivity index (χ1n) is 8.32. The zero-order valence-electron chi connectivity index (χ0n) is 13.2. The minimum absolute atomic E-state index is 0.275. The maximum atomic E-state index is 10.3. The van der Waals surface area contributed by atoms with Crippen LogP contribution in [0.5, 0.6) is 0 Å². The monoisotopic (exact) mass is 309 g/mol. The third kappa shape index (κ3) is 4.74. The summed E-state index contributed by atoms with van der Waals surface area (Å²) in [7, 11) is 0. The molecule has 0 aliphatic carbocycles. The van der Waals surface area contributed by atoms with Crippen molar-refractivity contribution in [1.82, 2.24) is 24.6 Å². The number of β-amino-alcohol motifs (C(OH)–C–C–N with tert-alkyl or cyclic N) is 1. The smallest absolute Gasteiger partial charge is 0.137 e. The number of piperidine rings is 1. The lowest BCUT2D eigenvalue weighted by Crippen LogP contribution is -2.47. The molecule has 7 nitrogen and oxygen atoms in total. The van der Waals surface area contributed by atoms with Crippen LogP contribution in [0.25, 0.3) is 0 Å². The van der Waals surface area contributed by atoms with E-state index in [0.717, 1.165) is 59.0 Å².